The van der Waals surface area contributed by atoms with Crippen LogP contribution < -0.4 is 10.1 Å². The maximum absolute atomic E-state index is 11.7. The Morgan fingerprint density at radius 2 is 2.00 bits per heavy atom. The Labute approximate surface area is 120 Å². The zero-order valence-electron chi connectivity index (χ0n) is 11.6. The van der Waals surface area contributed by atoms with Gasteiger partial charge in [0.2, 0.25) is 5.91 Å². The topological polar surface area (TPSA) is 38.3 Å². The first-order valence-electron chi connectivity index (χ1n) is 6.75. The van der Waals surface area contributed by atoms with Gasteiger partial charge in [0.25, 0.3) is 0 Å². The summed E-state index contributed by atoms with van der Waals surface area (Å²) >= 11 is 5.58. The van der Waals surface area contributed by atoms with E-state index in [1.54, 1.807) is 0 Å². The van der Waals surface area contributed by atoms with Gasteiger partial charge >= 0.3 is 0 Å². The summed E-state index contributed by atoms with van der Waals surface area (Å²) in [5.41, 5.74) is 1.08. The molecule has 1 aromatic carbocycles. The number of hydrogen-bond acceptors (Lipinski definition) is 2. The van der Waals surface area contributed by atoms with Gasteiger partial charge in [0.05, 0.1) is 12.6 Å². The summed E-state index contributed by atoms with van der Waals surface area (Å²) in [5, 5.41) is 2.98. The third-order valence-electron chi connectivity index (χ3n) is 2.86. The predicted molar refractivity (Wildman–Crippen MR) is 78.7 cm³/mol. The zero-order valence-corrected chi connectivity index (χ0v) is 12.4. The minimum Gasteiger partial charge on any atom is -0.494 e. The largest absolute Gasteiger partial charge is 0.494 e. The summed E-state index contributed by atoms with van der Waals surface area (Å²) in [5.74, 6) is 1.54. The number of unbranched alkanes of at least 4 members (excludes halogenated alkanes) is 1. The van der Waals surface area contributed by atoms with Gasteiger partial charge in [-0.3, -0.25) is 4.79 Å². The average molecular weight is 284 g/mol. The molecule has 1 unspecified atom stereocenters. The lowest BCUT2D eigenvalue weighted by molar-refractivity contribution is -0.121. The molecule has 1 N–H and O–H groups in total. The van der Waals surface area contributed by atoms with Crippen LogP contribution in [-0.2, 0) is 4.79 Å². The van der Waals surface area contributed by atoms with Crippen LogP contribution in [0.2, 0.25) is 0 Å². The van der Waals surface area contributed by atoms with Gasteiger partial charge in [0.1, 0.15) is 5.75 Å². The first kappa shape index (κ1) is 15.8. The molecule has 3 nitrogen and oxygen atoms in total. The molecule has 0 bridgehead atoms. The molecule has 0 aromatic heterocycles. The van der Waals surface area contributed by atoms with Crippen LogP contribution in [0.3, 0.4) is 0 Å². The molecule has 4 heteroatoms. The molecule has 19 heavy (non-hydrogen) atoms. The maximum Gasteiger partial charge on any atom is 0.220 e. The van der Waals surface area contributed by atoms with Gasteiger partial charge in [-0.15, -0.1) is 11.6 Å². The number of alkyl halides is 1. The lowest BCUT2D eigenvalue weighted by Gasteiger charge is -2.15. The van der Waals surface area contributed by atoms with E-state index >= 15 is 0 Å². The first-order valence-corrected chi connectivity index (χ1v) is 7.29. The fourth-order valence-electron chi connectivity index (χ4n) is 1.80. The average Bonchev–Trinajstić information content (AvgIpc) is 2.40. The molecule has 1 amide bonds. The van der Waals surface area contributed by atoms with Gasteiger partial charge < -0.3 is 10.1 Å². The highest BCUT2D eigenvalue weighted by molar-refractivity contribution is 6.17. The predicted octanol–water partition coefficient (Wildman–Crippen LogP) is 3.67. The van der Waals surface area contributed by atoms with Crippen LogP contribution in [0, 0.1) is 0 Å². The molecule has 106 valence electrons. The number of halogens is 1. The molecule has 1 aromatic rings. The van der Waals surface area contributed by atoms with Gasteiger partial charge in [0, 0.05) is 12.3 Å². The molecular formula is C15H22ClNO2. The van der Waals surface area contributed by atoms with E-state index in [2.05, 4.69) is 5.32 Å². The quantitative estimate of drug-likeness (QED) is 0.584. The van der Waals surface area contributed by atoms with E-state index in [1.165, 1.54) is 0 Å². The number of rotatable bonds is 8. The highest BCUT2D eigenvalue weighted by Gasteiger charge is 2.09. The van der Waals surface area contributed by atoms with Crippen LogP contribution in [0.25, 0.3) is 0 Å². The van der Waals surface area contributed by atoms with Crippen LogP contribution in [0.4, 0.5) is 0 Å². The number of hydrogen-bond donors (Lipinski definition) is 1. The number of carbonyl (C=O) groups is 1. The van der Waals surface area contributed by atoms with Crippen molar-refractivity contribution in [2.75, 3.05) is 12.5 Å². The Kier molecular flexibility index (Phi) is 7.34. The summed E-state index contributed by atoms with van der Waals surface area (Å²) in [7, 11) is 0. The second-order valence-electron chi connectivity index (χ2n) is 4.44. The molecule has 0 radical (unpaired) electrons. The second kappa shape index (κ2) is 8.81. The minimum absolute atomic E-state index is 0.0131. The van der Waals surface area contributed by atoms with Gasteiger partial charge in [0.15, 0.2) is 0 Å². The molecule has 0 aliphatic heterocycles. The molecule has 0 aliphatic carbocycles. The van der Waals surface area contributed by atoms with E-state index < -0.39 is 0 Å². The maximum atomic E-state index is 11.7. The van der Waals surface area contributed by atoms with Crippen molar-refractivity contribution in [2.45, 2.75) is 39.2 Å². The van der Waals surface area contributed by atoms with Crippen LogP contribution in [0.15, 0.2) is 24.3 Å². The summed E-state index contributed by atoms with van der Waals surface area (Å²) in [6.45, 7) is 4.60. The minimum atomic E-state index is 0.0131. The first-order chi connectivity index (χ1) is 9.17. The Morgan fingerprint density at radius 1 is 1.32 bits per heavy atom. The number of nitrogens with one attached hydrogen (secondary N) is 1. The van der Waals surface area contributed by atoms with Crippen LogP contribution in [-0.4, -0.2) is 18.4 Å². The third kappa shape index (κ3) is 5.97. The van der Waals surface area contributed by atoms with E-state index in [1.807, 2.05) is 38.1 Å². The van der Waals surface area contributed by atoms with E-state index in [0.29, 0.717) is 18.9 Å². The number of carbonyl (C=O) groups excluding carboxylic acids is 1. The molecular weight excluding hydrogens is 262 g/mol. The Hall–Kier alpha value is -1.22. The van der Waals surface area contributed by atoms with Crippen LogP contribution >= 0.6 is 11.6 Å². The zero-order chi connectivity index (χ0) is 14.1. The Balaban J connectivity index is 2.43. The SMILES string of the molecule is CCOc1ccc(C(C)NC(=O)CCCCCl)cc1. The molecule has 0 fully saturated rings. The molecule has 1 rings (SSSR count). The normalized spacial score (nSPS) is 11.9. The number of amides is 1. The molecule has 1 atom stereocenters. The van der Waals surface area contributed by atoms with Crippen molar-refractivity contribution in [3.63, 3.8) is 0 Å². The van der Waals surface area contributed by atoms with Crippen molar-refractivity contribution in [1.82, 2.24) is 5.32 Å². The van der Waals surface area contributed by atoms with Crippen LogP contribution in [0.1, 0.15) is 44.7 Å². The lowest BCUT2D eigenvalue weighted by Crippen LogP contribution is -2.26. The van der Waals surface area contributed by atoms with Gasteiger partial charge in [-0.25, -0.2) is 0 Å². The summed E-state index contributed by atoms with van der Waals surface area (Å²) in [6, 6.07) is 7.83. The second-order valence-corrected chi connectivity index (χ2v) is 4.82. The Bertz CT molecular complexity index is 378. The lowest BCUT2D eigenvalue weighted by atomic mass is 10.1. The molecule has 0 spiro atoms. The van der Waals surface area contributed by atoms with Crippen molar-refractivity contribution < 1.29 is 9.53 Å². The van der Waals surface area contributed by atoms with Crippen molar-refractivity contribution in [1.29, 1.82) is 0 Å². The van der Waals surface area contributed by atoms with Crippen molar-refractivity contribution in [2.24, 2.45) is 0 Å². The van der Waals surface area contributed by atoms with Gasteiger partial charge in [-0.1, -0.05) is 12.1 Å². The highest BCUT2D eigenvalue weighted by Crippen LogP contribution is 2.17. The van der Waals surface area contributed by atoms with Gasteiger partial charge in [-0.05, 0) is 44.4 Å². The third-order valence-corrected chi connectivity index (χ3v) is 3.12. The standard InChI is InChI=1S/C15H22ClNO2/c1-3-19-14-9-7-13(8-10-14)12(2)17-15(18)6-4-5-11-16/h7-10,12H,3-6,11H2,1-2H3,(H,17,18). The summed E-state index contributed by atoms with van der Waals surface area (Å²) < 4.78 is 5.39. The smallest absolute Gasteiger partial charge is 0.220 e. The molecule has 0 saturated heterocycles. The highest BCUT2D eigenvalue weighted by atomic mass is 35.5. The molecule has 0 heterocycles. The monoisotopic (exact) mass is 283 g/mol. The summed E-state index contributed by atoms with van der Waals surface area (Å²) in [4.78, 5) is 11.7. The van der Waals surface area contributed by atoms with Crippen molar-refractivity contribution in [3.05, 3.63) is 29.8 Å². The summed E-state index contributed by atoms with van der Waals surface area (Å²) in [6.07, 6.45) is 2.26. The van der Waals surface area contributed by atoms with Crippen molar-refractivity contribution in [3.8, 4) is 5.75 Å². The fraction of sp³-hybridized carbons (Fsp3) is 0.533. The van der Waals surface area contributed by atoms with Crippen molar-refractivity contribution >= 4 is 17.5 Å². The van der Waals surface area contributed by atoms with Crippen LogP contribution in [0.5, 0.6) is 5.75 Å². The van der Waals surface area contributed by atoms with E-state index in [9.17, 15) is 4.79 Å². The molecule has 0 saturated carbocycles. The van der Waals surface area contributed by atoms with Gasteiger partial charge in [-0.2, -0.15) is 0 Å². The van der Waals surface area contributed by atoms with E-state index in [0.717, 1.165) is 24.2 Å². The number of ether oxygens (including phenoxy) is 1. The molecule has 0 aliphatic rings. The van der Waals surface area contributed by atoms with E-state index in [-0.39, 0.29) is 11.9 Å². The van der Waals surface area contributed by atoms with E-state index in [4.69, 9.17) is 16.3 Å². The number of benzene rings is 1. The Morgan fingerprint density at radius 3 is 2.58 bits per heavy atom. The fourth-order valence-corrected chi connectivity index (χ4v) is 1.99.